The lowest BCUT2D eigenvalue weighted by Gasteiger charge is -2.35. The maximum absolute atomic E-state index is 14.7. The highest BCUT2D eigenvalue weighted by Gasteiger charge is 2.31. The number of carbonyl (C=O) groups excluding carboxylic acids is 1. The third-order valence-corrected chi connectivity index (χ3v) is 7.97. The van der Waals surface area contributed by atoms with Gasteiger partial charge < -0.3 is 24.2 Å². The Hall–Kier alpha value is -3.74. The second-order valence-corrected chi connectivity index (χ2v) is 11.0. The Morgan fingerprint density at radius 1 is 1.15 bits per heavy atom. The summed E-state index contributed by atoms with van der Waals surface area (Å²) in [6.45, 7) is 9.29. The zero-order chi connectivity index (χ0) is 28.8. The number of amides is 1. The Balaban J connectivity index is 1.46. The molecule has 0 saturated carbocycles. The van der Waals surface area contributed by atoms with Crippen LogP contribution < -0.4 is 14.4 Å². The number of halogens is 3. The fourth-order valence-corrected chi connectivity index (χ4v) is 5.71. The first-order valence-electron chi connectivity index (χ1n) is 13.1. The van der Waals surface area contributed by atoms with E-state index in [4.69, 9.17) is 42.6 Å². The molecule has 5 heterocycles. The molecule has 0 bridgehead atoms. The number of ether oxygens (including phenoxy) is 2. The summed E-state index contributed by atoms with van der Waals surface area (Å²) in [5.74, 6) is 0.0413. The molecule has 1 amide bonds. The number of likely N-dealkylation sites (tertiary alicyclic amines) is 1. The zero-order valence-electron chi connectivity index (χ0n) is 22.4. The van der Waals surface area contributed by atoms with Crippen molar-refractivity contribution in [3.05, 3.63) is 47.0 Å². The standard InChI is InChI=1S/C27H27Cl2FN8O3/c1-4-21(39)37-5-7-38(8-6-37)25-15-9-20(28)32-26(41-24-16-11-31-35-18(16)10-17(30)22(24)29)23(15)33-27(34-25)40-19-13-36(3)12-14(19)2/h4,9-11,14,19H,1,5-8,12-13H2,2-3H3,(H,31,35)/t14?,19-/m1/s1. The number of anilines is 1. The van der Waals surface area contributed by atoms with E-state index >= 15 is 0 Å². The fourth-order valence-electron chi connectivity index (χ4n) is 5.33. The lowest BCUT2D eigenvalue weighted by molar-refractivity contribution is -0.126. The summed E-state index contributed by atoms with van der Waals surface area (Å²) in [6, 6.07) is 3.04. The quantitative estimate of drug-likeness (QED) is 0.255. The SMILES string of the molecule is C=CC(=O)N1CCN(c2nc(O[C@@H]3CN(C)CC3C)nc3c(Oc4c(Cl)c(F)cc5[nH]ncc45)nc(Cl)cc23)CC1. The van der Waals surface area contributed by atoms with Crippen LogP contribution in [0.1, 0.15) is 6.92 Å². The summed E-state index contributed by atoms with van der Waals surface area (Å²) in [5.41, 5.74) is 0.717. The fraction of sp³-hybridized carbons (Fsp3) is 0.370. The number of aromatic amines is 1. The minimum atomic E-state index is -0.685. The van der Waals surface area contributed by atoms with Crippen molar-refractivity contribution in [1.82, 2.24) is 34.9 Å². The smallest absolute Gasteiger partial charge is 0.319 e. The normalized spacial score (nSPS) is 19.7. The molecule has 2 aliphatic rings. The highest BCUT2D eigenvalue weighted by molar-refractivity contribution is 6.33. The third kappa shape index (κ3) is 5.22. The predicted molar refractivity (Wildman–Crippen MR) is 154 cm³/mol. The van der Waals surface area contributed by atoms with Crippen molar-refractivity contribution in [3.8, 4) is 17.6 Å². The van der Waals surface area contributed by atoms with Crippen molar-refractivity contribution in [2.45, 2.75) is 13.0 Å². The van der Waals surface area contributed by atoms with Gasteiger partial charge in [-0.25, -0.2) is 4.39 Å². The van der Waals surface area contributed by atoms with Crippen LogP contribution in [-0.2, 0) is 4.79 Å². The molecule has 2 aliphatic heterocycles. The van der Waals surface area contributed by atoms with Crippen LogP contribution in [-0.4, -0.2) is 93.3 Å². The molecule has 4 aromatic rings. The molecule has 214 valence electrons. The topological polar surface area (TPSA) is 113 Å². The van der Waals surface area contributed by atoms with Crippen LogP contribution in [0.3, 0.4) is 0 Å². The van der Waals surface area contributed by atoms with Crippen LogP contribution in [0.5, 0.6) is 17.6 Å². The highest BCUT2D eigenvalue weighted by atomic mass is 35.5. The van der Waals surface area contributed by atoms with Gasteiger partial charge in [-0.05, 0) is 19.2 Å². The Kier molecular flexibility index (Phi) is 7.30. The molecule has 41 heavy (non-hydrogen) atoms. The number of H-pyrrole nitrogens is 1. The van der Waals surface area contributed by atoms with Gasteiger partial charge in [0.05, 0.1) is 22.5 Å². The molecule has 2 saturated heterocycles. The van der Waals surface area contributed by atoms with Gasteiger partial charge in [0.15, 0.2) is 5.75 Å². The molecule has 1 N–H and O–H groups in total. The molecule has 11 nitrogen and oxygen atoms in total. The first kappa shape index (κ1) is 27.4. The van der Waals surface area contributed by atoms with E-state index in [1.54, 1.807) is 11.0 Å². The molecule has 2 atom stereocenters. The summed E-state index contributed by atoms with van der Waals surface area (Å²) < 4.78 is 27.2. The average molecular weight is 601 g/mol. The molecular formula is C27H27Cl2FN8O3. The van der Waals surface area contributed by atoms with E-state index in [9.17, 15) is 9.18 Å². The van der Waals surface area contributed by atoms with Crippen LogP contribution in [0.15, 0.2) is 31.0 Å². The highest BCUT2D eigenvalue weighted by Crippen LogP contribution is 2.41. The number of rotatable bonds is 6. The average Bonchev–Trinajstić information content (AvgIpc) is 3.55. The Labute approximate surface area is 244 Å². The number of fused-ring (bicyclic) bond motifs is 2. The number of nitrogens with zero attached hydrogens (tertiary/aromatic N) is 7. The minimum absolute atomic E-state index is 0.00746. The Morgan fingerprint density at radius 2 is 1.93 bits per heavy atom. The van der Waals surface area contributed by atoms with Gasteiger partial charge in [0.2, 0.25) is 11.8 Å². The Bertz CT molecular complexity index is 1660. The first-order chi connectivity index (χ1) is 19.7. The van der Waals surface area contributed by atoms with Gasteiger partial charge in [-0.1, -0.05) is 36.7 Å². The Morgan fingerprint density at radius 3 is 2.63 bits per heavy atom. The first-order valence-corrected chi connectivity index (χ1v) is 13.9. The number of nitrogens with one attached hydrogen (secondary N) is 1. The minimum Gasteiger partial charge on any atom is -0.458 e. The lowest BCUT2D eigenvalue weighted by Crippen LogP contribution is -2.48. The van der Waals surface area contributed by atoms with Crippen molar-refractivity contribution >= 4 is 56.7 Å². The van der Waals surface area contributed by atoms with E-state index in [2.05, 4.69) is 33.6 Å². The van der Waals surface area contributed by atoms with Gasteiger partial charge in [0, 0.05) is 51.3 Å². The van der Waals surface area contributed by atoms with Gasteiger partial charge in [0.1, 0.15) is 33.4 Å². The number of aromatic nitrogens is 5. The molecule has 6 rings (SSSR count). The van der Waals surface area contributed by atoms with Crippen LogP contribution in [0, 0.1) is 11.7 Å². The number of piperazine rings is 1. The molecule has 1 aromatic carbocycles. The monoisotopic (exact) mass is 600 g/mol. The molecule has 1 unspecified atom stereocenters. The zero-order valence-corrected chi connectivity index (χ0v) is 23.9. The number of pyridine rings is 1. The molecule has 0 aliphatic carbocycles. The number of hydrogen-bond acceptors (Lipinski definition) is 9. The van der Waals surface area contributed by atoms with Crippen molar-refractivity contribution in [3.63, 3.8) is 0 Å². The summed E-state index contributed by atoms with van der Waals surface area (Å²) in [7, 11) is 2.04. The molecule has 0 spiro atoms. The van der Waals surface area contributed by atoms with Crippen molar-refractivity contribution < 1.29 is 18.7 Å². The van der Waals surface area contributed by atoms with Crippen LogP contribution in [0.4, 0.5) is 10.2 Å². The summed E-state index contributed by atoms with van der Waals surface area (Å²) >= 11 is 12.8. The van der Waals surface area contributed by atoms with Crippen LogP contribution >= 0.6 is 23.2 Å². The molecule has 0 radical (unpaired) electrons. The largest absolute Gasteiger partial charge is 0.458 e. The summed E-state index contributed by atoms with van der Waals surface area (Å²) in [6.07, 6.45) is 2.67. The number of likely N-dealkylation sites (N-methyl/N-ethyl adjacent to an activating group) is 1. The van der Waals surface area contributed by atoms with Crippen LogP contribution in [0.25, 0.3) is 21.8 Å². The van der Waals surface area contributed by atoms with E-state index in [-0.39, 0.29) is 45.7 Å². The number of benzene rings is 1. The summed E-state index contributed by atoms with van der Waals surface area (Å²) in [5, 5.41) is 7.61. The molecule has 3 aromatic heterocycles. The predicted octanol–water partition coefficient (Wildman–Crippen LogP) is 4.30. The number of carbonyl (C=O) groups is 1. The van der Waals surface area contributed by atoms with Crippen molar-refractivity contribution in [1.29, 1.82) is 0 Å². The number of hydrogen-bond donors (Lipinski definition) is 1. The maximum atomic E-state index is 14.7. The van der Waals surface area contributed by atoms with Crippen LogP contribution in [0.2, 0.25) is 10.2 Å². The van der Waals surface area contributed by atoms with E-state index in [1.165, 1.54) is 18.3 Å². The summed E-state index contributed by atoms with van der Waals surface area (Å²) in [4.78, 5) is 32.0. The lowest BCUT2D eigenvalue weighted by atomic mass is 10.1. The van der Waals surface area contributed by atoms with Gasteiger partial charge in [-0.3, -0.25) is 9.89 Å². The maximum Gasteiger partial charge on any atom is 0.319 e. The van der Waals surface area contributed by atoms with Gasteiger partial charge in [-0.15, -0.1) is 0 Å². The van der Waals surface area contributed by atoms with Crippen molar-refractivity contribution in [2.24, 2.45) is 5.92 Å². The van der Waals surface area contributed by atoms with E-state index < -0.39 is 5.82 Å². The van der Waals surface area contributed by atoms with E-state index in [0.29, 0.717) is 53.8 Å². The molecule has 2 fully saturated rings. The van der Waals surface area contributed by atoms with E-state index in [1.807, 2.05) is 11.9 Å². The van der Waals surface area contributed by atoms with E-state index in [0.717, 1.165) is 13.1 Å². The van der Waals surface area contributed by atoms with Gasteiger partial charge >= 0.3 is 6.01 Å². The van der Waals surface area contributed by atoms with Gasteiger partial charge in [-0.2, -0.15) is 20.1 Å². The molecule has 14 heteroatoms. The third-order valence-electron chi connectivity index (χ3n) is 7.42. The van der Waals surface area contributed by atoms with Crippen molar-refractivity contribution in [2.75, 3.05) is 51.2 Å². The second kappa shape index (κ2) is 10.9. The molecular weight excluding hydrogens is 574 g/mol. The second-order valence-electron chi connectivity index (χ2n) is 10.3. The van der Waals surface area contributed by atoms with Gasteiger partial charge in [0.25, 0.3) is 0 Å².